The van der Waals surface area contributed by atoms with Crippen molar-refractivity contribution in [2.75, 3.05) is 0 Å². The molecule has 0 aliphatic rings. The normalized spacial score (nSPS) is 11.0. The van der Waals surface area contributed by atoms with Crippen molar-refractivity contribution in [1.29, 1.82) is 0 Å². The van der Waals surface area contributed by atoms with Crippen molar-refractivity contribution in [1.82, 2.24) is 4.98 Å². The highest BCUT2D eigenvalue weighted by molar-refractivity contribution is 5.94. The van der Waals surface area contributed by atoms with E-state index < -0.39 is 5.97 Å². The molecule has 26 heavy (non-hydrogen) atoms. The average molecular weight is 345 g/mol. The Morgan fingerprint density at radius 1 is 0.885 bits per heavy atom. The van der Waals surface area contributed by atoms with Gasteiger partial charge < -0.3 is 10.1 Å². The molecule has 0 atom stereocenters. The average Bonchev–Trinajstić information content (AvgIpc) is 3.00. The molecule has 0 unspecified atom stereocenters. The fourth-order valence-corrected chi connectivity index (χ4v) is 3.26. The monoisotopic (exact) mass is 345 g/mol. The first-order valence-electron chi connectivity index (χ1n) is 8.29. The Hall–Kier alpha value is -3.40. The van der Waals surface area contributed by atoms with Crippen molar-refractivity contribution in [3.8, 4) is 22.4 Å². The highest BCUT2D eigenvalue weighted by Crippen LogP contribution is 2.32. The number of benzene rings is 3. The molecule has 4 aromatic rings. The van der Waals surface area contributed by atoms with Gasteiger partial charge in [0, 0.05) is 10.9 Å². The second-order valence-corrected chi connectivity index (χ2v) is 6.18. The van der Waals surface area contributed by atoms with E-state index in [-0.39, 0.29) is 12.2 Å². The van der Waals surface area contributed by atoms with Gasteiger partial charge in [-0.3, -0.25) is 4.79 Å². The Kier molecular flexibility index (Phi) is 4.01. The number of aromatic amines is 1. The van der Waals surface area contributed by atoms with Crippen LogP contribution in [0.15, 0.2) is 72.8 Å². The maximum absolute atomic E-state index is 13.6. The third kappa shape index (κ3) is 2.97. The quantitative estimate of drug-likeness (QED) is 0.529. The van der Waals surface area contributed by atoms with Crippen LogP contribution >= 0.6 is 0 Å². The van der Waals surface area contributed by atoms with Gasteiger partial charge in [-0.15, -0.1) is 0 Å². The van der Waals surface area contributed by atoms with Crippen LogP contribution in [0.4, 0.5) is 4.39 Å². The van der Waals surface area contributed by atoms with Gasteiger partial charge in [0.05, 0.1) is 12.1 Å². The summed E-state index contributed by atoms with van der Waals surface area (Å²) in [6, 6.07) is 22.3. The standard InChI is InChI=1S/C22H16FNO2/c23-17-10-11-20-18(12-17)19(13-21(25)26)22(24-20)16-8-6-15(7-9-16)14-4-2-1-3-5-14/h1-12,24H,13H2,(H,25,26). The number of halogens is 1. The number of carbonyl (C=O) groups is 1. The molecule has 1 aromatic heterocycles. The van der Waals surface area contributed by atoms with Gasteiger partial charge in [0.1, 0.15) is 5.82 Å². The summed E-state index contributed by atoms with van der Waals surface area (Å²) in [6.45, 7) is 0. The van der Waals surface area contributed by atoms with Crippen LogP contribution in [0.3, 0.4) is 0 Å². The Bertz CT molecular complexity index is 1080. The first-order valence-corrected chi connectivity index (χ1v) is 8.29. The number of hydrogen-bond donors (Lipinski definition) is 2. The molecule has 0 aliphatic carbocycles. The van der Waals surface area contributed by atoms with Gasteiger partial charge >= 0.3 is 5.97 Å². The van der Waals surface area contributed by atoms with E-state index in [4.69, 9.17) is 0 Å². The molecule has 0 fully saturated rings. The van der Waals surface area contributed by atoms with Crippen LogP contribution in [0.25, 0.3) is 33.3 Å². The number of rotatable bonds is 4. The summed E-state index contributed by atoms with van der Waals surface area (Å²) < 4.78 is 13.6. The minimum atomic E-state index is -0.947. The topological polar surface area (TPSA) is 53.1 Å². The van der Waals surface area contributed by atoms with E-state index in [1.807, 2.05) is 54.6 Å². The summed E-state index contributed by atoms with van der Waals surface area (Å²) >= 11 is 0. The van der Waals surface area contributed by atoms with E-state index >= 15 is 0 Å². The van der Waals surface area contributed by atoms with Crippen molar-refractivity contribution in [3.05, 3.63) is 84.2 Å². The molecule has 3 aromatic carbocycles. The van der Waals surface area contributed by atoms with Gasteiger partial charge in [0.2, 0.25) is 0 Å². The van der Waals surface area contributed by atoms with Crippen LogP contribution in [0.2, 0.25) is 0 Å². The molecule has 0 saturated heterocycles. The SMILES string of the molecule is O=C(O)Cc1c(-c2ccc(-c3ccccc3)cc2)[nH]c2ccc(F)cc12. The van der Waals surface area contributed by atoms with Gasteiger partial charge in [0.25, 0.3) is 0 Å². The zero-order valence-electron chi connectivity index (χ0n) is 13.9. The van der Waals surface area contributed by atoms with E-state index in [0.717, 1.165) is 22.2 Å². The lowest BCUT2D eigenvalue weighted by atomic mass is 9.99. The molecule has 0 bridgehead atoms. The van der Waals surface area contributed by atoms with Crippen LogP contribution in [0.1, 0.15) is 5.56 Å². The highest BCUT2D eigenvalue weighted by atomic mass is 19.1. The summed E-state index contributed by atoms with van der Waals surface area (Å²) in [5, 5.41) is 9.88. The molecule has 4 heteroatoms. The Balaban J connectivity index is 1.82. The van der Waals surface area contributed by atoms with Crippen molar-refractivity contribution >= 4 is 16.9 Å². The summed E-state index contributed by atoms with van der Waals surface area (Å²) in [6.07, 6.45) is -0.167. The number of H-pyrrole nitrogens is 1. The minimum Gasteiger partial charge on any atom is -0.481 e. The van der Waals surface area contributed by atoms with Gasteiger partial charge in [-0.25, -0.2) is 4.39 Å². The van der Waals surface area contributed by atoms with Crippen molar-refractivity contribution in [2.24, 2.45) is 0 Å². The Morgan fingerprint density at radius 3 is 2.23 bits per heavy atom. The van der Waals surface area contributed by atoms with Crippen LogP contribution in [0.5, 0.6) is 0 Å². The van der Waals surface area contributed by atoms with Crippen LogP contribution in [-0.4, -0.2) is 16.1 Å². The van der Waals surface area contributed by atoms with Crippen molar-refractivity contribution < 1.29 is 14.3 Å². The number of aromatic nitrogens is 1. The number of carboxylic acids is 1. The first-order chi connectivity index (χ1) is 12.6. The lowest BCUT2D eigenvalue weighted by molar-refractivity contribution is -0.136. The molecule has 128 valence electrons. The highest BCUT2D eigenvalue weighted by Gasteiger charge is 2.16. The number of fused-ring (bicyclic) bond motifs is 1. The third-order valence-electron chi connectivity index (χ3n) is 4.48. The number of nitrogens with one attached hydrogen (secondary N) is 1. The lowest BCUT2D eigenvalue weighted by Crippen LogP contribution is -2.01. The van der Waals surface area contributed by atoms with Gasteiger partial charge in [0.15, 0.2) is 0 Å². The molecule has 0 amide bonds. The molecule has 2 N–H and O–H groups in total. The molecule has 0 saturated carbocycles. The smallest absolute Gasteiger partial charge is 0.307 e. The summed E-state index contributed by atoms with van der Waals surface area (Å²) in [7, 11) is 0. The van der Waals surface area contributed by atoms with Gasteiger partial charge in [-0.2, -0.15) is 0 Å². The predicted octanol–water partition coefficient (Wildman–Crippen LogP) is 5.27. The molecular weight excluding hydrogens is 329 g/mol. The molecule has 4 rings (SSSR count). The number of aliphatic carboxylic acids is 1. The number of carboxylic acid groups (broad SMARTS) is 1. The predicted molar refractivity (Wildman–Crippen MR) is 100 cm³/mol. The second kappa shape index (κ2) is 6.48. The molecule has 3 nitrogen and oxygen atoms in total. The third-order valence-corrected chi connectivity index (χ3v) is 4.48. The largest absolute Gasteiger partial charge is 0.481 e. The fourth-order valence-electron chi connectivity index (χ4n) is 3.26. The van der Waals surface area contributed by atoms with Gasteiger partial charge in [-0.05, 0) is 40.5 Å². The fraction of sp³-hybridized carbons (Fsp3) is 0.0455. The Labute approximate surface area is 149 Å². The molecule has 1 heterocycles. The zero-order valence-corrected chi connectivity index (χ0v) is 13.9. The van der Waals surface area contributed by atoms with E-state index in [1.54, 1.807) is 6.07 Å². The minimum absolute atomic E-state index is 0.167. The summed E-state index contributed by atoms with van der Waals surface area (Å²) in [4.78, 5) is 14.6. The van der Waals surface area contributed by atoms with Crippen molar-refractivity contribution in [3.63, 3.8) is 0 Å². The van der Waals surface area contributed by atoms with E-state index in [2.05, 4.69) is 4.98 Å². The van der Waals surface area contributed by atoms with Crippen LogP contribution in [-0.2, 0) is 11.2 Å². The van der Waals surface area contributed by atoms with Gasteiger partial charge in [-0.1, -0.05) is 54.6 Å². The zero-order chi connectivity index (χ0) is 18.1. The molecule has 0 spiro atoms. The maximum Gasteiger partial charge on any atom is 0.307 e. The van der Waals surface area contributed by atoms with E-state index in [1.165, 1.54) is 12.1 Å². The molecule has 0 aliphatic heterocycles. The summed E-state index contributed by atoms with van der Waals surface area (Å²) in [5.41, 5.74) is 5.11. The molecular formula is C22H16FNO2. The molecule has 0 radical (unpaired) electrons. The van der Waals surface area contributed by atoms with Crippen LogP contribution in [0, 0.1) is 5.82 Å². The van der Waals surface area contributed by atoms with Crippen molar-refractivity contribution in [2.45, 2.75) is 6.42 Å². The second-order valence-electron chi connectivity index (χ2n) is 6.18. The lowest BCUT2D eigenvalue weighted by Gasteiger charge is -2.06. The van der Waals surface area contributed by atoms with E-state index in [0.29, 0.717) is 16.6 Å². The Morgan fingerprint density at radius 2 is 1.54 bits per heavy atom. The maximum atomic E-state index is 13.6. The van der Waals surface area contributed by atoms with E-state index in [9.17, 15) is 14.3 Å². The number of hydrogen-bond acceptors (Lipinski definition) is 1. The summed E-state index contributed by atoms with van der Waals surface area (Å²) in [5.74, 6) is -1.33. The van der Waals surface area contributed by atoms with Crippen LogP contribution < -0.4 is 0 Å². The first kappa shape index (κ1) is 16.1.